The Kier molecular flexibility index (Phi) is 3.53. The Bertz CT molecular complexity index is 1320. The van der Waals surface area contributed by atoms with Crippen molar-refractivity contribution in [3.05, 3.63) is 62.6 Å². The van der Waals surface area contributed by atoms with Crippen LogP contribution in [-0.4, -0.2) is 13.9 Å². The molecule has 0 spiro atoms. The third-order valence-corrected chi connectivity index (χ3v) is 5.86. The first-order valence-electron chi connectivity index (χ1n) is 8.63. The van der Waals surface area contributed by atoms with Crippen molar-refractivity contribution in [2.45, 2.75) is 25.4 Å². The van der Waals surface area contributed by atoms with E-state index in [-0.39, 0.29) is 16.8 Å². The molecule has 1 aliphatic carbocycles. The first-order valence-corrected chi connectivity index (χ1v) is 9.44. The molecule has 0 atom stereocenters. The van der Waals surface area contributed by atoms with Crippen LogP contribution in [0.3, 0.4) is 0 Å². The minimum Gasteiger partial charge on any atom is -0.328 e. The number of hydrogen-bond donors (Lipinski definition) is 2. The van der Waals surface area contributed by atoms with Crippen molar-refractivity contribution in [1.82, 2.24) is 13.9 Å². The van der Waals surface area contributed by atoms with E-state index in [1.54, 1.807) is 24.4 Å². The predicted octanol–water partition coefficient (Wildman–Crippen LogP) is 2.90. The first kappa shape index (κ1) is 16.3. The number of aromatic amines is 1. The van der Waals surface area contributed by atoms with Crippen LogP contribution in [0.2, 0.25) is 0 Å². The van der Waals surface area contributed by atoms with Crippen molar-refractivity contribution < 1.29 is 4.39 Å². The topological polar surface area (TPSA) is 93.8 Å². The standard InChI is InChI=1S/C19H15FN4O2S/c20-14-5-13-15(6-12(14)9-1-2-10(7-21)22-8-9)24(11-3-4-11)19-16(17(13)25)18(26)23-27-19/h1-2,5-6,8,11H,3-4,7,21H2,(H,23,26). The summed E-state index contributed by atoms with van der Waals surface area (Å²) >= 11 is 1.15. The van der Waals surface area contributed by atoms with Crippen molar-refractivity contribution in [3.63, 3.8) is 0 Å². The van der Waals surface area contributed by atoms with Crippen LogP contribution >= 0.6 is 11.5 Å². The zero-order chi connectivity index (χ0) is 18.7. The summed E-state index contributed by atoms with van der Waals surface area (Å²) in [6.07, 6.45) is 3.52. The van der Waals surface area contributed by atoms with E-state index in [1.165, 1.54) is 6.07 Å². The number of nitrogens with zero attached hydrogens (tertiary/aromatic N) is 2. The number of rotatable bonds is 3. The molecular weight excluding hydrogens is 367 g/mol. The van der Waals surface area contributed by atoms with E-state index in [9.17, 15) is 14.0 Å². The Morgan fingerprint density at radius 3 is 2.78 bits per heavy atom. The normalized spacial score (nSPS) is 14.3. The molecule has 0 radical (unpaired) electrons. The third kappa shape index (κ3) is 2.44. The zero-order valence-corrected chi connectivity index (χ0v) is 15.0. The maximum atomic E-state index is 14.9. The van der Waals surface area contributed by atoms with Crippen LogP contribution in [0.1, 0.15) is 24.6 Å². The lowest BCUT2D eigenvalue weighted by molar-refractivity contribution is 0.632. The number of halogens is 1. The van der Waals surface area contributed by atoms with E-state index in [0.717, 1.165) is 24.4 Å². The second kappa shape index (κ2) is 5.83. The predicted molar refractivity (Wildman–Crippen MR) is 104 cm³/mol. The Labute approximate surface area is 156 Å². The summed E-state index contributed by atoms with van der Waals surface area (Å²) in [7, 11) is 0. The molecule has 27 heavy (non-hydrogen) atoms. The molecule has 0 unspecified atom stereocenters. The maximum Gasteiger partial charge on any atom is 0.271 e. The van der Waals surface area contributed by atoms with Gasteiger partial charge in [-0.1, -0.05) is 6.07 Å². The molecule has 3 aromatic heterocycles. The fraction of sp³-hybridized carbons (Fsp3) is 0.211. The average Bonchev–Trinajstić information content (AvgIpc) is 3.44. The number of hydrogen-bond acceptors (Lipinski definition) is 5. The van der Waals surface area contributed by atoms with Gasteiger partial charge >= 0.3 is 0 Å². The number of nitrogens with two attached hydrogens (primary N) is 1. The van der Waals surface area contributed by atoms with Gasteiger partial charge in [0.15, 0.2) is 0 Å². The molecule has 6 nitrogen and oxygen atoms in total. The Balaban J connectivity index is 1.86. The highest BCUT2D eigenvalue weighted by Crippen LogP contribution is 2.40. The summed E-state index contributed by atoms with van der Waals surface area (Å²) < 4.78 is 19.5. The Hall–Kier alpha value is -2.84. The van der Waals surface area contributed by atoms with Gasteiger partial charge in [0.25, 0.3) is 5.56 Å². The monoisotopic (exact) mass is 382 g/mol. The van der Waals surface area contributed by atoms with Crippen LogP contribution in [-0.2, 0) is 6.54 Å². The molecular formula is C19H15FN4O2S. The Morgan fingerprint density at radius 1 is 1.30 bits per heavy atom. The van der Waals surface area contributed by atoms with E-state index in [1.807, 2.05) is 4.57 Å². The fourth-order valence-corrected chi connectivity index (χ4v) is 4.40. The lowest BCUT2D eigenvalue weighted by Gasteiger charge is -2.13. The van der Waals surface area contributed by atoms with Crippen molar-refractivity contribution in [2.24, 2.45) is 5.73 Å². The van der Waals surface area contributed by atoms with Gasteiger partial charge in [0, 0.05) is 35.3 Å². The molecule has 4 aromatic rings. The largest absolute Gasteiger partial charge is 0.328 e. The minimum absolute atomic E-state index is 0.112. The van der Waals surface area contributed by atoms with Gasteiger partial charge in [-0.3, -0.25) is 18.9 Å². The highest BCUT2D eigenvalue weighted by molar-refractivity contribution is 7.12. The van der Waals surface area contributed by atoms with Crippen molar-refractivity contribution >= 4 is 32.7 Å². The lowest BCUT2D eigenvalue weighted by Crippen LogP contribution is -2.15. The number of aromatic nitrogens is 3. The fourth-order valence-electron chi connectivity index (χ4n) is 3.47. The number of benzene rings is 1. The molecule has 3 heterocycles. The molecule has 1 aliphatic rings. The van der Waals surface area contributed by atoms with E-state index in [4.69, 9.17) is 5.73 Å². The molecule has 136 valence electrons. The molecule has 1 fully saturated rings. The highest BCUT2D eigenvalue weighted by Gasteiger charge is 2.29. The number of nitrogens with one attached hydrogen (secondary N) is 1. The maximum absolute atomic E-state index is 14.9. The van der Waals surface area contributed by atoms with E-state index in [0.29, 0.717) is 33.7 Å². The number of H-pyrrole nitrogens is 1. The van der Waals surface area contributed by atoms with Crippen molar-refractivity contribution in [3.8, 4) is 11.1 Å². The van der Waals surface area contributed by atoms with Crippen LogP contribution in [0.25, 0.3) is 32.2 Å². The van der Waals surface area contributed by atoms with Gasteiger partial charge in [-0.2, -0.15) is 0 Å². The number of pyridine rings is 2. The van der Waals surface area contributed by atoms with Gasteiger partial charge in [-0.25, -0.2) is 4.39 Å². The van der Waals surface area contributed by atoms with Crippen LogP contribution in [0.4, 0.5) is 4.39 Å². The van der Waals surface area contributed by atoms with Crippen molar-refractivity contribution in [2.75, 3.05) is 0 Å². The third-order valence-electron chi connectivity index (χ3n) is 4.97. The van der Waals surface area contributed by atoms with Crippen LogP contribution in [0.5, 0.6) is 0 Å². The highest BCUT2D eigenvalue weighted by atomic mass is 32.1. The Morgan fingerprint density at radius 2 is 2.11 bits per heavy atom. The molecule has 0 amide bonds. The van der Waals surface area contributed by atoms with E-state index >= 15 is 0 Å². The van der Waals surface area contributed by atoms with Crippen molar-refractivity contribution in [1.29, 1.82) is 0 Å². The summed E-state index contributed by atoms with van der Waals surface area (Å²) in [5.74, 6) is -0.518. The molecule has 0 bridgehead atoms. The quantitative estimate of drug-likeness (QED) is 0.570. The zero-order valence-electron chi connectivity index (χ0n) is 14.2. The summed E-state index contributed by atoms with van der Waals surface area (Å²) in [6, 6.07) is 6.67. The van der Waals surface area contributed by atoms with Gasteiger partial charge in [0.1, 0.15) is 16.0 Å². The van der Waals surface area contributed by atoms with Crippen LogP contribution < -0.4 is 16.7 Å². The molecule has 5 rings (SSSR count). The van der Waals surface area contributed by atoms with Gasteiger partial charge in [0.2, 0.25) is 5.43 Å². The summed E-state index contributed by atoms with van der Waals surface area (Å²) in [6.45, 7) is 0.312. The number of fused-ring (bicyclic) bond motifs is 2. The molecule has 0 saturated heterocycles. The molecule has 1 saturated carbocycles. The first-order chi connectivity index (χ1) is 13.1. The van der Waals surface area contributed by atoms with Gasteiger partial charge in [0.05, 0.1) is 11.2 Å². The summed E-state index contributed by atoms with van der Waals surface area (Å²) in [4.78, 5) is 29.8. The minimum atomic E-state index is -0.518. The lowest BCUT2D eigenvalue weighted by atomic mass is 10.0. The average molecular weight is 382 g/mol. The molecule has 3 N–H and O–H groups in total. The molecule has 8 heteroatoms. The summed E-state index contributed by atoms with van der Waals surface area (Å²) in [5, 5.41) is 0.339. The molecule has 0 aliphatic heterocycles. The van der Waals surface area contributed by atoms with Gasteiger partial charge in [-0.05, 0) is 42.6 Å². The van der Waals surface area contributed by atoms with E-state index < -0.39 is 16.8 Å². The SMILES string of the molecule is NCc1ccc(-c2cc3c(cc2F)c(=O)c2c(=O)[nH]sc2n3C2CC2)cn1. The van der Waals surface area contributed by atoms with Crippen LogP contribution in [0.15, 0.2) is 40.1 Å². The summed E-state index contributed by atoms with van der Waals surface area (Å²) in [5.41, 5.74) is 7.07. The van der Waals surface area contributed by atoms with Gasteiger partial charge < -0.3 is 10.3 Å². The second-order valence-corrected chi connectivity index (χ2v) is 7.53. The van der Waals surface area contributed by atoms with E-state index in [2.05, 4.69) is 9.36 Å². The smallest absolute Gasteiger partial charge is 0.271 e. The van der Waals surface area contributed by atoms with Gasteiger partial charge in [-0.15, -0.1) is 0 Å². The van der Waals surface area contributed by atoms with Crippen LogP contribution in [0, 0.1) is 5.82 Å². The second-order valence-electron chi connectivity index (χ2n) is 6.74. The molecule has 1 aromatic carbocycles.